The van der Waals surface area contributed by atoms with Crippen LogP contribution < -0.4 is 10.6 Å². The first-order valence-electron chi connectivity index (χ1n) is 5.50. The first-order chi connectivity index (χ1) is 7.59. The van der Waals surface area contributed by atoms with Gasteiger partial charge in [-0.15, -0.1) is 0 Å². The van der Waals surface area contributed by atoms with Crippen LogP contribution in [0.4, 0.5) is 0 Å². The highest BCUT2D eigenvalue weighted by Gasteiger charge is 2.18. The average molecular weight is 230 g/mol. The number of rotatable bonds is 6. The highest BCUT2D eigenvalue weighted by atomic mass is 16.4. The van der Waals surface area contributed by atoms with Crippen molar-refractivity contribution in [2.75, 3.05) is 13.1 Å². The molecule has 1 heterocycles. The summed E-state index contributed by atoms with van der Waals surface area (Å²) >= 11 is 0. The standard InChI is InChI=1S/C10H18N2O4/c13-8(10(15)16)3-5-12-9(14)6-7-2-1-4-11-7/h7-8,11,13H,1-6H2,(H,12,14)(H,15,16)/t7?,8-/m0/s1. The Morgan fingerprint density at radius 2 is 2.25 bits per heavy atom. The number of nitrogens with one attached hydrogen (secondary N) is 2. The predicted octanol–water partition coefficient (Wildman–Crippen LogP) is -0.920. The Bertz CT molecular complexity index is 251. The van der Waals surface area contributed by atoms with Gasteiger partial charge in [0.1, 0.15) is 0 Å². The molecule has 0 radical (unpaired) electrons. The second-order valence-corrected chi connectivity index (χ2v) is 3.99. The highest BCUT2D eigenvalue weighted by molar-refractivity contribution is 5.76. The van der Waals surface area contributed by atoms with Gasteiger partial charge in [0.05, 0.1) is 0 Å². The zero-order chi connectivity index (χ0) is 12.0. The van der Waals surface area contributed by atoms with Crippen LogP contribution in [-0.2, 0) is 9.59 Å². The van der Waals surface area contributed by atoms with E-state index in [0.717, 1.165) is 19.4 Å². The molecule has 1 rings (SSSR count). The second kappa shape index (κ2) is 6.44. The zero-order valence-electron chi connectivity index (χ0n) is 9.11. The van der Waals surface area contributed by atoms with Gasteiger partial charge in [0.15, 0.2) is 6.10 Å². The van der Waals surface area contributed by atoms with Crippen LogP contribution in [0, 0.1) is 0 Å². The fourth-order valence-corrected chi connectivity index (χ4v) is 1.70. The molecule has 1 amide bonds. The molecule has 2 atom stereocenters. The molecular formula is C10H18N2O4. The first kappa shape index (κ1) is 12.9. The molecule has 1 fully saturated rings. The van der Waals surface area contributed by atoms with Crippen LogP contribution >= 0.6 is 0 Å². The average Bonchev–Trinajstić information content (AvgIpc) is 2.70. The molecule has 1 aliphatic heterocycles. The molecule has 1 aliphatic rings. The normalized spacial score (nSPS) is 21.7. The lowest BCUT2D eigenvalue weighted by Crippen LogP contribution is -2.34. The van der Waals surface area contributed by atoms with Crippen molar-refractivity contribution in [2.45, 2.75) is 37.8 Å². The van der Waals surface area contributed by atoms with E-state index in [0.29, 0.717) is 6.42 Å². The number of aliphatic hydroxyl groups is 1. The summed E-state index contributed by atoms with van der Waals surface area (Å²) in [5, 5.41) is 23.2. The van der Waals surface area contributed by atoms with Gasteiger partial charge in [-0.25, -0.2) is 4.79 Å². The van der Waals surface area contributed by atoms with E-state index < -0.39 is 12.1 Å². The van der Waals surface area contributed by atoms with Crippen LogP contribution in [-0.4, -0.2) is 47.3 Å². The Kier molecular flexibility index (Phi) is 5.21. The van der Waals surface area contributed by atoms with E-state index in [9.17, 15) is 9.59 Å². The Labute approximate surface area is 94.0 Å². The van der Waals surface area contributed by atoms with Gasteiger partial charge < -0.3 is 20.8 Å². The van der Waals surface area contributed by atoms with Crippen LogP contribution in [0.3, 0.4) is 0 Å². The van der Waals surface area contributed by atoms with Crippen molar-refractivity contribution in [2.24, 2.45) is 0 Å². The van der Waals surface area contributed by atoms with Gasteiger partial charge in [-0.05, 0) is 19.4 Å². The van der Waals surface area contributed by atoms with Crippen molar-refractivity contribution in [3.63, 3.8) is 0 Å². The topological polar surface area (TPSA) is 98.7 Å². The van der Waals surface area contributed by atoms with E-state index in [4.69, 9.17) is 10.2 Å². The maximum Gasteiger partial charge on any atom is 0.332 e. The molecule has 6 heteroatoms. The van der Waals surface area contributed by atoms with Gasteiger partial charge in [0.2, 0.25) is 5.91 Å². The number of aliphatic carboxylic acids is 1. The third-order valence-electron chi connectivity index (χ3n) is 2.62. The lowest BCUT2D eigenvalue weighted by Gasteiger charge is -2.11. The molecular weight excluding hydrogens is 212 g/mol. The van der Waals surface area contributed by atoms with Crippen LogP contribution in [0.15, 0.2) is 0 Å². The third-order valence-corrected chi connectivity index (χ3v) is 2.62. The Hall–Kier alpha value is -1.14. The minimum absolute atomic E-state index is 0.0408. The summed E-state index contributed by atoms with van der Waals surface area (Å²) in [6.45, 7) is 1.15. The summed E-state index contributed by atoms with van der Waals surface area (Å²) in [6, 6.07) is 0.240. The van der Waals surface area contributed by atoms with Crippen LogP contribution in [0.5, 0.6) is 0 Å². The largest absolute Gasteiger partial charge is 0.479 e. The summed E-state index contributed by atoms with van der Waals surface area (Å²) in [7, 11) is 0. The molecule has 0 saturated carbocycles. The molecule has 1 saturated heterocycles. The highest BCUT2D eigenvalue weighted by Crippen LogP contribution is 2.08. The van der Waals surface area contributed by atoms with Crippen molar-refractivity contribution < 1.29 is 19.8 Å². The molecule has 0 aromatic carbocycles. The second-order valence-electron chi connectivity index (χ2n) is 3.99. The molecule has 0 aliphatic carbocycles. The number of carboxylic acid groups (broad SMARTS) is 1. The van der Waals surface area contributed by atoms with Crippen molar-refractivity contribution in [1.29, 1.82) is 0 Å². The third kappa shape index (κ3) is 4.59. The minimum atomic E-state index is -1.40. The zero-order valence-corrected chi connectivity index (χ0v) is 9.11. The van der Waals surface area contributed by atoms with Crippen molar-refractivity contribution in [1.82, 2.24) is 10.6 Å². The molecule has 6 nitrogen and oxygen atoms in total. The molecule has 0 aromatic heterocycles. The monoisotopic (exact) mass is 230 g/mol. The van der Waals surface area contributed by atoms with Gasteiger partial charge in [-0.2, -0.15) is 0 Å². The lowest BCUT2D eigenvalue weighted by molar-refractivity contribution is -0.147. The maximum absolute atomic E-state index is 11.4. The molecule has 0 bridgehead atoms. The quantitative estimate of drug-likeness (QED) is 0.473. The molecule has 0 aromatic rings. The number of amides is 1. The summed E-state index contributed by atoms with van der Waals surface area (Å²) < 4.78 is 0. The van der Waals surface area contributed by atoms with Crippen molar-refractivity contribution >= 4 is 11.9 Å². The summed E-state index contributed by atoms with van der Waals surface area (Å²) in [5.41, 5.74) is 0. The molecule has 4 N–H and O–H groups in total. The van der Waals surface area contributed by atoms with E-state index >= 15 is 0 Å². The van der Waals surface area contributed by atoms with Crippen LogP contribution in [0.2, 0.25) is 0 Å². The van der Waals surface area contributed by atoms with Gasteiger partial charge >= 0.3 is 5.97 Å². The number of aliphatic hydroxyl groups excluding tert-OH is 1. The minimum Gasteiger partial charge on any atom is -0.479 e. The molecule has 16 heavy (non-hydrogen) atoms. The van der Waals surface area contributed by atoms with Gasteiger partial charge in [-0.1, -0.05) is 0 Å². The number of carbonyl (C=O) groups excluding carboxylic acids is 1. The first-order valence-corrected chi connectivity index (χ1v) is 5.50. The fourth-order valence-electron chi connectivity index (χ4n) is 1.70. The smallest absolute Gasteiger partial charge is 0.332 e. The molecule has 92 valence electrons. The molecule has 1 unspecified atom stereocenters. The Balaban J connectivity index is 2.08. The Morgan fingerprint density at radius 3 is 2.81 bits per heavy atom. The van der Waals surface area contributed by atoms with Crippen molar-refractivity contribution in [3.05, 3.63) is 0 Å². The van der Waals surface area contributed by atoms with Gasteiger partial charge in [0.25, 0.3) is 0 Å². The van der Waals surface area contributed by atoms with E-state index in [1.165, 1.54) is 0 Å². The number of hydrogen-bond acceptors (Lipinski definition) is 4. The summed E-state index contributed by atoms with van der Waals surface area (Å²) in [5.74, 6) is -1.36. The predicted molar refractivity (Wildman–Crippen MR) is 56.9 cm³/mol. The molecule has 0 spiro atoms. The van der Waals surface area contributed by atoms with Gasteiger partial charge in [-0.3, -0.25) is 4.79 Å². The number of hydrogen-bond donors (Lipinski definition) is 4. The van der Waals surface area contributed by atoms with Crippen LogP contribution in [0.25, 0.3) is 0 Å². The van der Waals surface area contributed by atoms with Gasteiger partial charge in [0, 0.05) is 25.4 Å². The lowest BCUT2D eigenvalue weighted by atomic mass is 10.1. The van der Waals surface area contributed by atoms with E-state index in [-0.39, 0.29) is 24.9 Å². The number of carboxylic acids is 1. The summed E-state index contributed by atoms with van der Waals surface area (Å²) in [6.07, 6.45) is 1.16. The van der Waals surface area contributed by atoms with Crippen molar-refractivity contribution in [3.8, 4) is 0 Å². The Morgan fingerprint density at radius 1 is 1.50 bits per heavy atom. The van der Waals surface area contributed by atoms with E-state index in [1.807, 2.05) is 0 Å². The van der Waals surface area contributed by atoms with E-state index in [1.54, 1.807) is 0 Å². The number of carbonyl (C=O) groups is 2. The fraction of sp³-hybridized carbons (Fsp3) is 0.800. The maximum atomic E-state index is 11.4. The SMILES string of the molecule is O=C(CC1CCCN1)NCC[C@H](O)C(=O)O. The van der Waals surface area contributed by atoms with E-state index in [2.05, 4.69) is 10.6 Å². The van der Waals surface area contributed by atoms with Crippen LogP contribution in [0.1, 0.15) is 25.7 Å². The summed E-state index contributed by atoms with van der Waals surface area (Å²) in [4.78, 5) is 21.7.